The van der Waals surface area contributed by atoms with Gasteiger partial charge in [0, 0.05) is 18.3 Å². The van der Waals surface area contributed by atoms with Gasteiger partial charge in [-0.15, -0.1) is 0 Å². The van der Waals surface area contributed by atoms with Gasteiger partial charge in [-0.1, -0.05) is 6.07 Å². The number of carboxylic acid groups (broad SMARTS) is 1. The third kappa shape index (κ3) is 4.68. The van der Waals surface area contributed by atoms with Crippen molar-refractivity contribution in [3.8, 4) is 0 Å². The van der Waals surface area contributed by atoms with Gasteiger partial charge in [0.25, 0.3) is 5.91 Å². The zero-order valence-electron chi connectivity index (χ0n) is 11.5. The Morgan fingerprint density at radius 3 is 2.52 bits per heavy atom. The van der Waals surface area contributed by atoms with Crippen molar-refractivity contribution in [2.45, 2.75) is 37.8 Å². The van der Waals surface area contributed by atoms with E-state index in [0.29, 0.717) is 24.1 Å². The molecule has 0 unspecified atom stereocenters. The van der Waals surface area contributed by atoms with Crippen LogP contribution in [-0.4, -0.2) is 39.2 Å². The second-order valence-electron chi connectivity index (χ2n) is 5.13. The molecule has 1 aromatic rings. The smallest absolute Gasteiger partial charge is 0.328 e. The highest BCUT2D eigenvalue weighted by Gasteiger charge is 2.21. The van der Waals surface area contributed by atoms with Crippen LogP contribution in [0.3, 0.4) is 0 Å². The number of carboxylic acids is 1. The fourth-order valence-corrected chi connectivity index (χ4v) is 2.29. The van der Waals surface area contributed by atoms with Gasteiger partial charge >= 0.3 is 5.97 Å². The first kappa shape index (κ1) is 15.2. The Morgan fingerprint density at radius 2 is 1.95 bits per heavy atom. The number of aromatic nitrogens is 1. The molecule has 1 saturated carbocycles. The highest BCUT2D eigenvalue weighted by molar-refractivity contribution is 5.92. The maximum absolute atomic E-state index is 12.0. The van der Waals surface area contributed by atoms with Gasteiger partial charge in [-0.2, -0.15) is 0 Å². The van der Waals surface area contributed by atoms with Crippen LogP contribution in [-0.2, 0) is 4.79 Å². The van der Waals surface area contributed by atoms with E-state index in [-0.39, 0.29) is 18.1 Å². The van der Waals surface area contributed by atoms with Crippen LogP contribution in [0.25, 0.3) is 6.08 Å². The molecule has 0 aromatic carbocycles. The van der Waals surface area contributed by atoms with E-state index in [9.17, 15) is 14.7 Å². The standard InChI is InChI=1S/C15H18N2O4/c18-12-5-3-11(4-6-12)17-15(21)13-7-1-10(9-16-13)2-8-14(19)20/h1-2,7-9,11-12,18H,3-6H2,(H,17,21)(H,19,20). The first-order chi connectivity index (χ1) is 10.0. The van der Waals surface area contributed by atoms with Gasteiger partial charge in [-0.25, -0.2) is 4.79 Å². The fourth-order valence-electron chi connectivity index (χ4n) is 2.29. The average molecular weight is 290 g/mol. The number of carbonyl (C=O) groups excluding carboxylic acids is 1. The number of nitrogens with zero attached hydrogens (tertiary/aromatic N) is 1. The van der Waals surface area contributed by atoms with Crippen molar-refractivity contribution in [2.24, 2.45) is 0 Å². The quantitative estimate of drug-likeness (QED) is 0.724. The minimum atomic E-state index is -1.03. The van der Waals surface area contributed by atoms with E-state index < -0.39 is 5.97 Å². The molecule has 0 spiro atoms. The normalized spacial score (nSPS) is 22.1. The fraction of sp³-hybridized carbons (Fsp3) is 0.400. The number of aliphatic hydroxyl groups excluding tert-OH is 1. The summed E-state index contributed by atoms with van der Waals surface area (Å²) in [6.07, 6.45) is 6.59. The summed E-state index contributed by atoms with van der Waals surface area (Å²) < 4.78 is 0. The van der Waals surface area contributed by atoms with E-state index in [1.165, 1.54) is 12.3 Å². The number of carbonyl (C=O) groups is 2. The SMILES string of the molecule is O=C(O)C=Cc1ccc(C(=O)NC2CCC(O)CC2)nc1. The summed E-state index contributed by atoms with van der Waals surface area (Å²) in [6, 6.07) is 3.29. The zero-order chi connectivity index (χ0) is 15.2. The van der Waals surface area contributed by atoms with E-state index in [1.807, 2.05) is 0 Å². The Morgan fingerprint density at radius 1 is 1.24 bits per heavy atom. The summed E-state index contributed by atoms with van der Waals surface area (Å²) in [5.74, 6) is -1.28. The molecule has 1 heterocycles. The number of hydrogen-bond acceptors (Lipinski definition) is 4. The Labute approximate surface area is 122 Å². The Bertz CT molecular complexity index is 531. The molecule has 21 heavy (non-hydrogen) atoms. The predicted octanol–water partition coefficient (Wildman–Crippen LogP) is 1.21. The average Bonchev–Trinajstić information content (AvgIpc) is 2.48. The zero-order valence-corrected chi connectivity index (χ0v) is 11.5. The Hall–Kier alpha value is -2.21. The molecule has 1 aliphatic rings. The molecule has 6 heteroatoms. The van der Waals surface area contributed by atoms with Gasteiger partial charge in [-0.05, 0) is 43.4 Å². The number of rotatable bonds is 4. The van der Waals surface area contributed by atoms with Crippen LogP contribution < -0.4 is 5.32 Å². The topological polar surface area (TPSA) is 99.5 Å². The highest BCUT2D eigenvalue weighted by atomic mass is 16.4. The number of pyridine rings is 1. The first-order valence-electron chi connectivity index (χ1n) is 6.90. The molecule has 3 N–H and O–H groups in total. The van der Waals surface area contributed by atoms with Crippen molar-refractivity contribution in [1.29, 1.82) is 0 Å². The molecule has 1 aromatic heterocycles. The number of aliphatic carboxylic acids is 1. The van der Waals surface area contributed by atoms with E-state index >= 15 is 0 Å². The Kier molecular flexibility index (Phi) is 5.05. The third-order valence-electron chi connectivity index (χ3n) is 3.47. The van der Waals surface area contributed by atoms with E-state index in [4.69, 9.17) is 5.11 Å². The maximum Gasteiger partial charge on any atom is 0.328 e. The van der Waals surface area contributed by atoms with Gasteiger partial charge in [0.05, 0.1) is 6.10 Å². The molecule has 0 atom stereocenters. The van der Waals surface area contributed by atoms with Crippen LogP contribution in [0.5, 0.6) is 0 Å². The van der Waals surface area contributed by atoms with Crippen molar-refractivity contribution < 1.29 is 19.8 Å². The summed E-state index contributed by atoms with van der Waals surface area (Å²) >= 11 is 0. The van der Waals surface area contributed by atoms with Gasteiger partial charge in [0.2, 0.25) is 0 Å². The lowest BCUT2D eigenvalue weighted by Crippen LogP contribution is -2.38. The Balaban J connectivity index is 1.92. The molecule has 2 rings (SSSR count). The molecule has 0 saturated heterocycles. The van der Waals surface area contributed by atoms with Crippen LogP contribution in [0.2, 0.25) is 0 Å². The van der Waals surface area contributed by atoms with Crippen LogP contribution in [0.1, 0.15) is 41.7 Å². The van der Waals surface area contributed by atoms with Crippen LogP contribution in [0.4, 0.5) is 0 Å². The van der Waals surface area contributed by atoms with Crippen molar-refractivity contribution in [1.82, 2.24) is 10.3 Å². The summed E-state index contributed by atoms with van der Waals surface area (Å²) in [5, 5.41) is 20.9. The highest BCUT2D eigenvalue weighted by Crippen LogP contribution is 2.18. The minimum Gasteiger partial charge on any atom is -0.478 e. The maximum atomic E-state index is 12.0. The van der Waals surface area contributed by atoms with Crippen molar-refractivity contribution >= 4 is 18.0 Å². The molecule has 1 aliphatic carbocycles. The second-order valence-corrected chi connectivity index (χ2v) is 5.13. The van der Waals surface area contributed by atoms with E-state index in [1.54, 1.807) is 12.1 Å². The summed E-state index contributed by atoms with van der Waals surface area (Å²) in [5.41, 5.74) is 0.920. The monoisotopic (exact) mass is 290 g/mol. The van der Waals surface area contributed by atoms with E-state index in [2.05, 4.69) is 10.3 Å². The van der Waals surface area contributed by atoms with Crippen molar-refractivity contribution in [3.05, 3.63) is 35.7 Å². The number of aliphatic hydroxyl groups is 1. The minimum absolute atomic E-state index is 0.0780. The number of nitrogens with one attached hydrogen (secondary N) is 1. The molecule has 1 amide bonds. The third-order valence-corrected chi connectivity index (χ3v) is 3.47. The van der Waals surface area contributed by atoms with Crippen LogP contribution in [0.15, 0.2) is 24.4 Å². The van der Waals surface area contributed by atoms with E-state index in [0.717, 1.165) is 18.9 Å². The summed E-state index contributed by atoms with van der Waals surface area (Å²) in [7, 11) is 0. The molecule has 112 valence electrons. The van der Waals surface area contributed by atoms with Crippen LogP contribution >= 0.6 is 0 Å². The van der Waals surface area contributed by atoms with Crippen LogP contribution in [0, 0.1) is 0 Å². The first-order valence-corrected chi connectivity index (χ1v) is 6.90. The largest absolute Gasteiger partial charge is 0.478 e. The van der Waals surface area contributed by atoms with Gasteiger partial charge < -0.3 is 15.5 Å². The molecule has 1 fully saturated rings. The summed E-state index contributed by atoms with van der Waals surface area (Å²) in [6.45, 7) is 0. The van der Waals surface area contributed by atoms with Gasteiger partial charge in [0.15, 0.2) is 0 Å². The molecule has 6 nitrogen and oxygen atoms in total. The summed E-state index contributed by atoms with van der Waals surface area (Å²) in [4.78, 5) is 26.5. The lowest BCUT2D eigenvalue weighted by atomic mass is 9.93. The molecule has 0 radical (unpaired) electrons. The van der Waals surface area contributed by atoms with Crippen molar-refractivity contribution in [3.63, 3.8) is 0 Å². The molecular formula is C15H18N2O4. The lowest BCUT2D eigenvalue weighted by molar-refractivity contribution is -0.131. The van der Waals surface area contributed by atoms with Crippen molar-refractivity contribution in [2.75, 3.05) is 0 Å². The molecule has 0 aliphatic heterocycles. The van der Waals surface area contributed by atoms with Gasteiger partial charge in [-0.3, -0.25) is 9.78 Å². The van der Waals surface area contributed by atoms with Gasteiger partial charge in [0.1, 0.15) is 5.69 Å². The molecule has 0 bridgehead atoms. The number of amides is 1. The number of hydrogen-bond donors (Lipinski definition) is 3. The lowest BCUT2D eigenvalue weighted by Gasteiger charge is -2.25. The molecular weight excluding hydrogens is 272 g/mol. The predicted molar refractivity (Wildman–Crippen MR) is 76.6 cm³/mol. The second kappa shape index (κ2) is 6.99.